The van der Waals surface area contributed by atoms with Crippen LogP contribution >= 0.6 is 11.3 Å². The third-order valence-corrected chi connectivity index (χ3v) is 3.71. The van der Waals surface area contributed by atoms with Gasteiger partial charge in [-0.1, -0.05) is 30.4 Å². The number of hydrogen-bond acceptors (Lipinski definition) is 4. The lowest BCUT2D eigenvalue weighted by Gasteiger charge is -1.99. The number of rotatable bonds is 6. The minimum atomic E-state index is -0.755. The minimum absolute atomic E-state index is 0.193. The van der Waals surface area contributed by atoms with Gasteiger partial charge in [0, 0.05) is 13.0 Å². The largest absolute Gasteiger partial charge is 0.481 e. The van der Waals surface area contributed by atoms with E-state index in [9.17, 15) is 4.79 Å². The van der Waals surface area contributed by atoms with Crippen molar-refractivity contribution in [1.29, 1.82) is 0 Å². The number of aromatic nitrogens is 1. The van der Waals surface area contributed by atoms with Gasteiger partial charge in [-0.15, -0.1) is 0 Å². The van der Waals surface area contributed by atoms with Gasteiger partial charge in [-0.25, -0.2) is 4.98 Å². The van der Waals surface area contributed by atoms with Gasteiger partial charge in [-0.3, -0.25) is 4.79 Å². The Morgan fingerprint density at radius 2 is 2.33 bits per heavy atom. The molecule has 0 atom stereocenters. The maximum Gasteiger partial charge on any atom is 0.303 e. The fourth-order valence-electron chi connectivity index (χ4n) is 1.80. The van der Waals surface area contributed by atoms with E-state index in [0.717, 1.165) is 17.1 Å². The summed E-state index contributed by atoms with van der Waals surface area (Å²) >= 11 is 1.62. The first-order valence-corrected chi connectivity index (χ1v) is 6.86. The van der Waals surface area contributed by atoms with Crippen LogP contribution in [0.4, 0.5) is 5.13 Å². The number of thiazole rings is 1. The predicted molar refractivity (Wildman–Crippen MR) is 74.4 cm³/mol. The Labute approximate surface area is 110 Å². The van der Waals surface area contributed by atoms with E-state index in [1.54, 1.807) is 11.3 Å². The monoisotopic (exact) mass is 264 g/mol. The quantitative estimate of drug-likeness (QED) is 0.787. The second-order valence-corrected chi connectivity index (χ2v) is 5.09. The normalized spacial score (nSPS) is 10.7. The highest BCUT2D eigenvalue weighted by Gasteiger charge is 2.06. The maximum absolute atomic E-state index is 10.4. The first-order chi connectivity index (χ1) is 8.70. The summed E-state index contributed by atoms with van der Waals surface area (Å²) < 4.78 is 1.18. The first-order valence-electron chi connectivity index (χ1n) is 6.04. The summed E-state index contributed by atoms with van der Waals surface area (Å²) in [6, 6.07) is 6.21. The highest BCUT2D eigenvalue weighted by atomic mass is 32.1. The minimum Gasteiger partial charge on any atom is -0.481 e. The molecular formula is C13H16N2O2S. The molecule has 0 bridgehead atoms. The van der Waals surface area contributed by atoms with Crippen molar-refractivity contribution in [2.45, 2.75) is 26.2 Å². The van der Waals surface area contributed by atoms with Crippen LogP contribution in [0.3, 0.4) is 0 Å². The van der Waals surface area contributed by atoms with Gasteiger partial charge >= 0.3 is 5.97 Å². The Hall–Kier alpha value is -1.62. The van der Waals surface area contributed by atoms with Crippen LogP contribution in [0.15, 0.2) is 18.2 Å². The van der Waals surface area contributed by atoms with Gasteiger partial charge in [0.05, 0.1) is 10.2 Å². The Morgan fingerprint density at radius 1 is 1.50 bits per heavy atom. The zero-order valence-electron chi connectivity index (χ0n) is 10.3. The molecule has 96 valence electrons. The summed E-state index contributed by atoms with van der Waals surface area (Å²) in [7, 11) is 0. The number of aliphatic carboxylic acids is 1. The molecule has 4 nitrogen and oxygen atoms in total. The molecule has 1 aromatic carbocycles. The smallest absolute Gasteiger partial charge is 0.303 e. The highest BCUT2D eigenvalue weighted by molar-refractivity contribution is 7.22. The molecule has 0 radical (unpaired) electrons. The molecule has 0 spiro atoms. The van der Waals surface area contributed by atoms with Crippen molar-refractivity contribution in [3.63, 3.8) is 0 Å². The SMILES string of the molecule is CCc1cccc2sc(NCCCC(=O)O)nc12. The number of carboxylic acid groups (broad SMARTS) is 1. The molecule has 18 heavy (non-hydrogen) atoms. The molecule has 0 fully saturated rings. The molecule has 0 amide bonds. The van der Waals surface area contributed by atoms with Crippen molar-refractivity contribution >= 4 is 32.7 Å². The van der Waals surface area contributed by atoms with E-state index in [4.69, 9.17) is 5.11 Å². The Kier molecular flexibility index (Phi) is 4.15. The average Bonchev–Trinajstić information content (AvgIpc) is 2.76. The van der Waals surface area contributed by atoms with Gasteiger partial charge in [-0.2, -0.15) is 0 Å². The zero-order valence-corrected chi connectivity index (χ0v) is 11.1. The van der Waals surface area contributed by atoms with Crippen molar-refractivity contribution in [1.82, 2.24) is 4.98 Å². The van der Waals surface area contributed by atoms with Gasteiger partial charge in [0.15, 0.2) is 5.13 Å². The van der Waals surface area contributed by atoms with Crippen LogP contribution < -0.4 is 5.32 Å². The lowest BCUT2D eigenvalue weighted by molar-refractivity contribution is -0.137. The fraction of sp³-hybridized carbons (Fsp3) is 0.385. The molecule has 0 aliphatic heterocycles. The molecule has 1 aromatic heterocycles. The lowest BCUT2D eigenvalue weighted by Crippen LogP contribution is -2.04. The molecule has 0 aliphatic rings. The number of hydrogen-bond donors (Lipinski definition) is 2. The number of para-hydroxylation sites is 1. The number of nitrogens with one attached hydrogen (secondary N) is 1. The van der Waals surface area contributed by atoms with Crippen LogP contribution in [-0.2, 0) is 11.2 Å². The third-order valence-electron chi connectivity index (χ3n) is 2.73. The molecule has 0 saturated heterocycles. The van der Waals surface area contributed by atoms with Crippen molar-refractivity contribution in [3.05, 3.63) is 23.8 Å². The van der Waals surface area contributed by atoms with Crippen LogP contribution in [0.1, 0.15) is 25.3 Å². The van der Waals surface area contributed by atoms with Crippen LogP contribution in [0, 0.1) is 0 Å². The zero-order chi connectivity index (χ0) is 13.0. The van der Waals surface area contributed by atoms with Gasteiger partial charge in [0.25, 0.3) is 0 Å². The van der Waals surface area contributed by atoms with Crippen molar-refractivity contribution in [3.8, 4) is 0 Å². The molecule has 2 N–H and O–H groups in total. The molecule has 0 saturated carbocycles. The molecule has 1 heterocycles. The van der Waals surface area contributed by atoms with E-state index >= 15 is 0 Å². The Morgan fingerprint density at radius 3 is 3.06 bits per heavy atom. The molecule has 5 heteroatoms. The summed E-state index contributed by atoms with van der Waals surface area (Å²) in [6.45, 7) is 2.77. The standard InChI is InChI=1S/C13H16N2O2S/c1-2-9-5-3-6-10-12(9)15-13(18-10)14-8-4-7-11(16)17/h3,5-6H,2,4,7-8H2,1H3,(H,14,15)(H,16,17). The third kappa shape index (κ3) is 2.98. The van der Waals surface area contributed by atoms with Gasteiger partial charge < -0.3 is 10.4 Å². The summed E-state index contributed by atoms with van der Waals surface area (Å²) in [6.07, 6.45) is 1.78. The molecule has 0 unspecified atom stereocenters. The van der Waals surface area contributed by atoms with E-state index in [1.165, 1.54) is 10.3 Å². The highest BCUT2D eigenvalue weighted by Crippen LogP contribution is 2.28. The van der Waals surface area contributed by atoms with E-state index in [0.29, 0.717) is 13.0 Å². The summed E-state index contributed by atoms with van der Waals surface area (Å²) in [5.74, 6) is -0.755. The van der Waals surface area contributed by atoms with E-state index in [2.05, 4.69) is 29.4 Å². The summed E-state index contributed by atoms with van der Waals surface area (Å²) in [5.41, 5.74) is 2.31. The van der Waals surface area contributed by atoms with Crippen LogP contribution in [0.2, 0.25) is 0 Å². The average molecular weight is 264 g/mol. The number of benzene rings is 1. The summed E-state index contributed by atoms with van der Waals surface area (Å²) in [4.78, 5) is 15.0. The number of anilines is 1. The molecule has 2 rings (SSSR count). The molecular weight excluding hydrogens is 248 g/mol. The van der Waals surface area contributed by atoms with Crippen molar-refractivity contribution in [2.24, 2.45) is 0 Å². The van der Waals surface area contributed by atoms with Crippen LogP contribution in [-0.4, -0.2) is 22.6 Å². The molecule has 2 aromatic rings. The summed E-state index contributed by atoms with van der Waals surface area (Å²) in [5, 5.41) is 12.6. The number of aryl methyl sites for hydroxylation is 1. The van der Waals surface area contributed by atoms with Gasteiger partial charge in [-0.05, 0) is 24.5 Å². The second kappa shape index (κ2) is 5.82. The van der Waals surface area contributed by atoms with E-state index in [-0.39, 0.29) is 6.42 Å². The van der Waals surface area contributed by atoms with Crippen molar-refractivity contribution < 1.29 is 9.90 Å². The van der Waals surface area contributed by atoms with E-state index < -0.39 is 5.97 Å². The topological polar surface area (TPSA) is 62.2 Å². The van der Waals surface area contributed by atoms with Gasteiger partial charge in [0.2, 0.25) is 0 Å². The number of nitrogens with zero attached hydrogens (tertiary/aromatic N) is 1. The Bertz CT molecular complexity index is 551. The van der Waals surface area contributed by atoms with Gasteiger partial charge in [0.1, 0.15) is 0 Å². The number of carbonyl (C=O) groups is 1. The van der Waals surface area contributed by atoms with Crippen molar-refractivity contribution in [2.75, 3.05) is 11.9 Å². The second-order valence-electron chi connectivity index (χ2n) is 4.06. The molecule has 0 aliphatic carbocycles. The Balaban J connectivity index is 2.04. The van der Waals surface area contributed by atoms with E-state index in [1.807, 2.05) is 6.07 Å². The number of fused-ring (bicyclic) bond motifs is 1. The van der Waals surface area contributed by atoms with Crippen LogP contribution in [0.5, 0.6) is 0 Å². The lowest BCUT2D eigenvalue weighted by atomic mass is 10.1. The first kappa shape index (κ1) is 12.8. The van der Waals surface area contributed by atoms with Crippen LogP contribution in [0.25, 0.3) is 10.2 Å². The predicted octanol–water partition coefficient (Wildman–Crippen LogP) is 3.14. The maximum atomic E-state index is 10.4. The number of carboxylic acids is 1. The fourth-order valence-corrected chi connectivity index (χ4v) is 2.74.